The lowest BCUT2D eigenvalue weighted by molar-refractivity contribution is 0.0945. The number of amides is 1. The Kier molecular flexibility index (Phi) is 5.96. The van der Waals surface area contributed by atoms with Crippen LogP contribution in [0.25, 0.3) is 11.1 Å². The van der Waals surface area contributed by atoms with E-state index in [-0.39, 0.29) is 19.1 Å². The van der Waals surface area contributed by atoms with Crippen LogP contribution < -0.4 is 10.6 Å². The second kappa shape index (κ2) is 8.78. The van der Waals surface area contributed by atoms with Crippen LogP contribution in [0, 0.1) is 0 Å². The number of rotatable bonds is 7. The van der Waals surface area contributed by atoms with Gasteiger partial charge in [0.05, 0.1) is 6.61 Å². The first-order valence-electron chi connectivity index (χ1n) is 8.48. The molecule has 26 heavy (non-hydrogen) atoms. The molecule has 5 nitrogen and oxygen atoms in total. The number of hydrogen-bond acceptors (Lipinski definition) is 4. The van der Waals surface area contributed by atoms with Gasteiger partial charge >= 0.3 is 0 Å². The largest absolute Gasteiger partial charge is 0.395 e. The molecule has 0 atom stereocenters. The molecule has 132 valence electrons. The van der Waals surface area contributed by atoms with Crippen molar-refractivity contribution < 1.29 is 9.90 Å². The summed E-state index contributed by atoms with van der Waals surface area (Å²) in [7, 11) is 0. The lowest BCUT2D eigenvalue weighted by atomic mass is 10.0. The lowest BCUT2D eigenvalue weighted by Crippen LogP contribution is -2.26. The summed E-state index contributed by atoms with van der Waals surface area (Å²) in [6.07, 6.45) is 3.61. The summed E-state index contributed by atoms with van der Waals surface area (Å²) in [5.74, 6) is -0.193. The van der Waals surface area contributed by atoms with Crippen molar-refractivity contribution in [2.75, 3.05) is 18.5 Å². The van der Waals surface area contributed by atoms with Crippen LogP contribution >= 0.6 is 0 Å². The fourth-order valence-electron chi connectivity index (χ4n) is 2.64. The number of pyridine rings is 1. The highest BCUT2D eigenvalue weighted by molar-refractivity contribution is 5.95. The van der Waals surface area contributed by atoms with Crippen LogP contribution in [0.2, 0.25) is 0 Å². The van der Waals surface area contributed by atoms with E-state index in [1.807, 2.05) is 36.5 Å². The SMILES string of the molecule is O=C(NCCO)c1cccc(NCc2cccc(-c3cccnc3)c2)c1. The summed E-state index contributed by atoms with van der Waals surface area (Å²) < 4.78 is 0. The zero-order chi connectivity index (χ0) is 18.2. The Bertz CT molecular complexity index is 866. The molecule has 0 saturated carbocycles. The number of nitrogens with one attached hydrogen (secondary N) is 2. The van der Waals surface area contributed by atoms with Gasteiger partial charge in [-0.1, -0.05) is 30.3 Å². The fraction of sp³-hybridized carbons (Fsp3) is 0.143. The van der Waals surface area contributed by atoms with Gasteiger partial charge in [-0.15, -0.1) is 0 Å². The van der Waals surface area contributed by atoms with Gasteiger partial charge < -0.3 is 15.7 Å². The molecule has 3 rings (SSSR count). The second-order valence-electron chi connectivity index (χ2n) is 5.86. The molecule has 0 saturated heterocycles. The molecule has 1 heterocycles. The topological polar surface area (TPSA) is 74.2 Å². The number of aliphatic hydroxyl groups excluding tert-OH is 1. The molecule has 0 aliphatic carbocycles. The lowest BCUT2D eigenvalue weighted by Gasteiger charge is -2.10. The molecule has 0 aliphatic rings. The third kappa shape index (κ3) is 4.68. The van der Waals surface area contributed by atoms with Crippen LogP contribution in [0.3, 0.4) is 0 Å². The van der Waals surface area contributed by atoms with Crippen LogP contribution in [-0.2, 0) is 6.54 Å². The van der Waals surface area contributed by atoms with Crippen molar-refractivity contribution in [3.63, 3.8) is 0 Å². The molecule has 1 amide bonds. The van der Waals surface area contributed by atoms with Gasteiger partial charge in [0.2, 0.25) is 0 Å². The summed E-state index contributed by atoms with van der Waals surface area (Å²) in [5, 5.41) is 14.8. The van der Waals surface area contributed by atoms with Crippen molar-refractivity contribution >= 4 is 11.6 Å². The molecular weight excluding hydrogens is 326 g/mol. The van der Waals surface area contributed by atoms with Crippen molar-refractivity contribution in [2.45, 2.75) is 6.54 Å². The van der Waals surface area contributed by atoms with Gasteiger partial charge in [-0.2, -0.15) is 0 Å². The number of hydrogen-bond donors (Lipinski definition) is 3. The first-order chi connectivity index (χ1) is 12.8. The molecule has 0 radical (unpaired) electrons. The predicted molar refractivity (Wildman–Crippen MR) is 103 cm³/mol. The molecule has 0 unspecified atom stereocenters. The van der Waals surface area contributed by atoms with E-state index >= 15 is 0 Å². The number of carbonyl (C=O) groups excluding carboxylic acids is 1. The Morgan fingerprint density at radius 1 is 1.00 bits per heavy atom. The van der Waals surface area contributed by atoms with E-state index < -0.39 is 0 Å². The first-order valence-corrected chi connectivity index (χ1v) is 8.48. The van der Waals surface area contributed by atoms with Gasteiger partial charge in [0, 0.05) is 36.7 Å². The van der Waals surface area contributed by atoms with E-state index in [1.165, 1.54) is 0 Å². The highest BCUT2D eigenvalue weighted by Gasteiger charge is 2.05. The van der Waals surface area contributed by atoms with Crippen LogP contribution in [0.1, 0.15) is 15.9 Å². The normalized spacial score (nSPS) is 10.3. The standard InChI is InChI=1S/C21H21N3O2/c25-11-10-23-21(26)18-6-2-8-20(13-18)24-14-16-4-1-5-17(12-16)19-7-3-9-22-15-19/h1-9,12-13,15,24-25H,10-11,14H2,(H,23,26). The zero-order valence-electron chi connectivity index (χ0n) is 14.4. The number of aromatic nitrogens is 1. The van der Waals surface area contributed by atoms with E-state index in [0.717, 1.165) is 22.4 Å². The average molecular weight is 347 g/mol. The highest BCUT2D eigenvalue weighted by Crippen LogP contribution is 2.20. The van der Waals surface area contributed by atoms with Crippen molar-refractivity contribution in [3.05, 3.63) is 84.2 Å². The van der Waals surface area contributed by atoms with E-state index in [0.29, 0.717) is 12.1 Å². The quantitative estimate of drug-likeness (QED) is 0.614. The number of carbonyl (C=O) groups is 1. The second-order valence-corrected chi connectivity index (χ2v) is 5.86. The Morgan fingerprint density at radius 2 is 1.85 bits per heavy atom. The molecule has 0 aliphatic heterocycles. The molecule has 2 aromatic carbocycles. The molecule has 0 spiro atoms. The van der Waals surface area contributed by atoms with Crippen LogP contribution in [0.5, 0.6) is 0 Å². The van der Waals surface area contributed by atoms with Crippen molar-refractivity contribution in [2.24, 2.45) is 0 Å². The fourth-order valence-corrected chi connectivity index (χ4v) is 2.64. The Labute approximate surface area is 152 Å². The minimum atomic E-state index is -0.193. The van der Waals surface area contributed by atoms with Gasteiger partial charge in [-0.3, -0.25) is 9.78 Å². The van der Waals surface area contributed by atoms with Gasteiger partial charge in [-0.05, 0) is 47.0 Å². The Morgan fingerprint density at radius 3 is 2.65 bits per heavy atom. The number of anilines is 1. The average Bonchev–Trinajstić information content (AvgIpc) is 2.71. The summed E-state index contributed by atoms with van der Waals surface area (Å²) in [4.78, 5) is 16.1. The summed E-state index contributed by atoms with van der Waals surface area (Å²) in [6, 6.07) is 19.5. The van der Waals surface area contributed by atoms with Crippen LogP contribution in [0.4, 0.5) is 5.69 Å². The molecule has 3 aromatic rings. The van der Waals surface area contributed by atoms with E-state index in [9.17, 15) is 4.79 Å². The monoisotopic (exact) mass is 347 g/mol. The summed E-state index contributed by atoms with van der Waals surface area (Å²) in [5.41, 5.74) is 4.77. The van der Waals surface area contributed by atoms with E-state index in [1.54, 1.807) is 18.3 Å². The molecule has 5 heteroatoms. The molecule has 0 bridgehead atoms. The summed E-state index contributed by atoms with van der Waals surface area (Å²) >= 11 is 0. The molecular formula is C21H21N3O2. The molecule has 0 fully saturated rings. The first kappa shape index (κ1) is 17.6. The number of aliphatic hydroxyl groups is 1. The van der Waals surface area contributed by atoms with Gasteiger partial charge in [0.25, 0.3) is 5.91 Å². The van der Waals surface area contributed by atoms with Crippen molar-refractivity contribution in [1.29, 1.82) is 0 Å². The smallest absolute Gasteiger partial charge is 0.251 e. The van der Waals surface area contributed by atoms with E-state index in [2.05, 4.69) is 33.8 Å². The molecule has 3 N–H and O–H groups in total. The number of nitrogens with zero attached hydrogens (tertiary/aromatic N) is 1. The maximum Gasteiger partial charge on any atom is 0.251 e. The minimum Gasteiger partial charge on any atom is -0.395 e. The maximum absolute atomic E-state index is 12.0. The minimum absolute atomic E-state index is 0.0725. The highest BCUT2D eigenvalue weighted by atomic mass is 16.3. The Balaban J connectivity index is 1.67. The van der Waals surface area contributed by atoms with Gasteiger partial charge in [-0.25, -0.2) is 0 Å². The maximum atomic E-state index is 12.0. The Hall–Kier alpha value is -3.18. The van der Waals surface area contributed by atoms with Crippen LogP contribution in [0.15, 0.2) is 73.1 Å². The van der Waals surface area contributed by atoms with Crippen molar-refractivity contribution in [3.8, 4) is 11.1 Å². The van der Waals surface area contributed by atoms with E-state index in [4.69, 9.17) is 5.11 Å². The van der Waals surface area contributed by atoms with Gasteiger partial charge in [0.15, 0.2) is 0 Å². The third-order valence-corrected chi connectivity index (χ3v) is 3.94. The third-order valence-electron chi connectivity index (χ3n) is 3.94. The van der Waals surface area contributed by atoms with Crippen LogP contribution in [-0.4, -0.2) is 29.1 Å². The summed E-state index contributed by atoms with van der Waals surface area (Å²) in [6.45, 7) is 0.824. The zero-order valence-corrected chi connectivity index (χ0v) is 14.4. The number of benzene rings is 2. The van der Waals surface area contributed by atoms with Gasteiger partial charge in [0.1, 0.15) is 0 Å². The molecule has 1 aromatic heterocycles. The predicted octanol–water partition coefficient (Wildman–Crippen LogP) is 3.08. The van der Waals surface area contributed by atoms with Crippen molar-refractivity contribution in [1.82, 2.24) is 10.3 Å².